The van der Waals surface area contributed by atoms with E-state index in [0.29, 0.717) is 23.9 Å². The topological polar surface area (TPSA) is 114 Å². The number of nitrogens with zero attached hydrogens (tertiary/aromatic N) is 1. The molecule has 3 atom stereocenters. The Hall–Kier alpha value is -2.78. The van der Waals surface area contributed by atoms with Gasteiger partial charge in [-0.2, -0.15) is 0 Å². The lowest BCUT2D eigenvalue weighted by Crippen LogP contribution is -2.37. The Bertz CT molecular complexity index is 1260. The zero-order valence-corrected chi connectivity index (χ0v) is 38.0. The highest BCUT2D eigenvalue weighted by Crippen LogP contribution is 2.38. The van der Waals surface area contributed by atoms with Gasteiger partial charge in [-0.15, -0.1) is 0 Å². The Morgan fingerprint density at radius 2 is 1.24 bits per heavy atom. The molecule has 0 aliphatic rings. The van der Waals surface area contributed by atoms with Crippen LogP contribution in [0.2, 0.25) is 0 Å². The van der Waals surface area contributed by atoms with E-state index in [0.717, 1.165) is 51.4 Å². The second kappa shape index (κ2) is 39.7. The third-order valence-corrected chi connectivity index (χ3v) is 9.74. The minimum absolute atomic E-state index is 0.0133. The molecule has 0 spiro atoms. The first-order valence-corrected chi connectivity index (χ1v) is 23.6. The van der Waals surface area contributed by atoms with Gasteiger partial charge in [0, 0.05) is 6.42 Å². The zero-order chi connectivity index (χ0) is 42.8. The van der Waals surface area contributed by atoms with Crippen molar-refractivity contribution in [3.8, 4) is 0 Å². The van der Waals surface area contributed by atoms with E-state index >= 15 is 0 Å². The van der Waals surface area contributed by atoms with Crippen molar-refractivity contribution >= 4 is 13.8 Å². The fraction of sp³-hybridized carbons (Fsp3) is 0.646. The molecular weight excluding hydrogens is 750 g/mol. The van der Waals surface area contributed by atoms with Crippen molar-refractivity contribution in [3.63, 3.8) is 0 Å². The van der Waals surface area contributed by atoms with E-state index in [1.807, 2.05) is 63.7 Å². The van der Waals surface area contributed by atoms with Crippen LogP contribution in [0.25, 0.3) is 0 Å². The number of esters is 1. The minimum Gasteiger partial charge on any atom is -0.756 e. The third kappa shape index (κ3) is 42.8. The fourth-order valence-corrected chi connectivity index (χ4v) is 6.05. The molecule has 0 fully saturated rings. The molecule has 58 heavy (non-hydrogen) atoms. The van der Waals surface area contributed by atoms with Crippen molar-refractivity contribution in [1.29, 1.82) is 0 Å². The number of phosphoric ester groups is 1. The number of phosphoric acid groups is 1. The number of likely N-dealkylation sites (N-methyl/N-ethyl adjacent to an activating group) is 1. The Balaban J connectivity index is 4.52. The number of allylic oxidation sites excluding steroid dienone is 13. The summed E-state index contributed by atoms with van der Waals surface area (Å²) in [6, 6.07) is 0. The maximum absolute atomic E-state index is 12.6. The van der Waals surface area contributed by atoms with Gasteiger partial charge in [0.2, 0.25) is 0 Å². The molecular formula is C48H82NO8P. The lowest BCUT2D eigenvalue weighted by Gasteiger charge is -2.28. The molecule has 332 valence electrons. The largest absolute Gasteiger partial charge is 0.756 e. The zero-order valence-electron chi connectivity index (χ0n) is 37.1. The van der Waals surface area contributed by atoms with Crippen molar-refractivity contribution in [2.75, 3.05) is 47.5 Å². The molecule has 9 nitrogen and oxygen atoms in total. The smallest absolute Gasteiger partial charge is 0.306 e. The number of carbonyl (C=O) groups excluding carboxylic acids is 1. The van der Waals surface area contributed by atoms with Gasteiger partial charge in [0.1, 0.15) is 19.8 Å². The first kappa shape index (κ1) is 55.2. The second-order valence-corrected chi connectivity index (χ2v) is 17.0. The summed E-state index contributed by atoms with van der Waals surface area (Å²) >= 11 is 0. The molecule has 0 saturated carbocycles. The molecule has 1 N–H and O–H groups in total. The fourth-order valence-electron chi connectivity index (χ4n) is 5.32. The molecule has 0 aromatic rings. The standard InChI is InChI=1S/C48H82NO8P/c1-6-8-10-12-14-15-16-17-18-19-20-23-26-29-33-37-42-54-44-47(45-56-58(52,53)55-43-41-49(3,4)5)57-48(51)40-36-32-28-25-22-21-24-27-31-35-39-46(50)38-34-30-13-11-9-7-2/h9,11,17-18,21-22,27-28,30-32,34-35,37,39,42,46-47,50H,6-8,10,12-16,19-20,23-26,29,33,36,38,40-41,43-45H2,1-5H3/b11-9-,18-17-,22-21-,31-27-,32-28-,34-30-,39-35+,42-37+/t46?,47-/m1/s1. The normalized spacial score (nSPS) is 15.2. The number of hydrogen-bond acceptors (Lipinski definition) is 8. The lowest BCUT2D eigenvalue weighted by molar-refractivity contribution is -0.870. The Labute approximate surface area is 354 Å². The Morgan fingerprint density at radius 1 is 0.672 bits per heavy atom. The van der Waals surface area contributed by atoms with Crippen LogP contribution in [-0.2, 0) is 27.9 Å². The number of ether oxygens (including phenoxy) is 2. The van der Waals surface area contributed by atoms with E-state index in [1.165, 1.54) is 57.8 Å². The molecule has 0 aromatic heterocycles. The monoisotopic (exact) mass is 832 g/mol. The molecule has 0 rings (SSSR count). The van der Waals surface area contributed by atoms with Crippen molar-refractivity contribution in [1.82, 2.24) is 0 Å². The van der Waals surface area contributed by atoms with Crippen LogP contribution in [-0.4, -0.2) is 75.3 Å². The predicted molar refractivity (Wildman–Crippen MR) is 241 cm³/mol. The summed E-state index contributed by atoms with van der Waals surface area (Å²) < 4.78 is 34.2. The van der Waals surface area contributed by atoms with Crippen LogP contribution in [0.15, 0.2) is 97.4 Å². The molecule has 0 saturated heterocycles. The summed E-state index contributed by atoms with van der Waals surface area (Å²) in [7, 11) is 1.22. The highest BCUT2D eigenvalue weighted by molar-refractivity contribution is 7.45. The molecule has 0 amide bonds. The number of unbranched alkanes of at least 4 members (excludes halogenated alkanes) is 11. The highest BCUT2D eigenvalue weighted by atomic mass is 31.2. The van der Waals surface area contributed by atoms with Crippen molar-refractivity contribution < 1.29 is 42.4 Å². The maximum atomic E-state index is 12.6. The van der Waals surface area contributed by atoms with Gasteiger partial charge in [0.05, 0.1) is 40.1 Å². The van der Waals surface area contributed by atoms with E-state index < -0.39 is 32.6 Å². The van der Waals surface area contributed by atoms with Gasteiger partial charge in [-0.1, -0.05) is 144 Å². The summed E-state index contributed by atoms with van der Waals surface area (Å²) in [6.45, 7) is 4.41. The third-order valence-electron chi connectivity index (χ3n) is 8.78. The summed E-state index contributed by atoms with van der Waals surface area (Å²) in [6.07, 6.45) is 51.3. The number of rotatable bonds is 39. The van der Waals surface area contributed by atoms with Gasteiger partial charge >= 0.3 is 5.97 Å². The van der Waals surface area contributed by atoms with Crippen molar-refractivity contribution in [2.45, 2.75) is 154 Å². The van der Waals surface area contributed by atoms with Crippen molar-refractivity contribution in [2.24, 2.45) is 0 Å². The lowest BCUT2D eigenvalue weighted by atomic mass is 10.1. The molecule has 0 heterocycles. The van der Waals surface area contributed by atoms with Crippen LogP contribution in [0.4, 0.5) is 0 Å². The van der Waals surface area contributed by atoms with E-state index in [4.69, 9.17) is 18.5 Å². The number of quaternary nitrogens is 1. The van der Waals surface area contributed by atoms with E-state index in [2.05, 4.69) is 56.4 Å². The van der Waals surface area contributed by atoms with Gasteiger partial charge in [-0.05, 0) is 83.1 Å². The van der Waals surface area contributed by atoms with E-state index in [1.54, 1.807) is 12.3 Å². The van der Waals surface area contributed by atoms with Gasteiger partial charge in [0.15, 0.2) is 6.10 Å². The highest BCUT2D eigenvalue weighted by Gasteiger charge is 2.20. The molecule has 0 aromatic carbocycles. The molecule has 0 aliphatic heterocycles. The number of carbonyl (C=O) groups is 1. The van der Waals surface area contributed by atoms with Crippen LogP contribution in [0.3, 0.4) is 0 Å². The van der Waals surface area contributed by atoms with Crippen LogP contribution in [0, 0.1) is 0 Å². The number of aliphatic hydroxyl groups excluding tert-OH is 1. The predicted octanol–water partition coefficient (Wildman–Crippen LogP) is 11.7. The molecule has 0 aliphatic carbocycles. The number of hydrogen-bond donors (Lipinski definition) is 1. The van der Waals surface area contributed by atoms with E-state index in [9.17, 15) is 19.4 Å². The van der Waals surface area contributed by atoms with Gasteiger partial charge in [-0.25, -0.2) is 0 Å². The molecule has 2 unspecified atom stereocenters. The maximum Gasteiger partial charge on any atom is 0.306 e. The van der Waals surface area contributed by atoms with Crippen LogP contribution in [0.5, 0.6) is 0 Å². The minimum atomic E-state index is -4.58. The van der Waals surface area contributed by atoms with Crippen LogP contribution >= 0.6 is 7.82 Å². The summed E-state index contributed by atoms with van der Waals surface area (Å²) in [5.41, 5.74) is 0. The molecule has 0 radical (unpaired) electrons. The Morgan fingerprint density at radius 3 is 1.90 bits per heavy atom. The first-order chi connectivity index (χ1) is 28.0. The molecule has 0 bridgehead atoms. The van der Waals surface area contributed by atoms with Gasteiger partial charge < -0.3 is 33.0 Å². The van der Waals surface area contributed by atoms with Crippen LogP contribution in [0.1, 0.15) is 142 Å². The van der Waals surface area contributed by atoms with E-state index in [-0.39, 0.29) is 19.6 Å². The summed E-state index contributed by atoms with van der Waals surface area (Å²) in [5.74, 6) is -0.464. The average Bonchev–Trinajstić information content (AvgIpc) is 3.17. The van der Waals surface area contributed by atoms with Crippen LogP contribution < -0.4 is 4.89 Å². The van der Waals surface area contributed by atoms with Gasteiger partial charge in [-0.3, -0.25) is 9.36 Å². The molecule has 10 heteroatoms. The SMILES string of the molecule is CC/C=C\C/C=C\CC(O)/C=C/C=C\C/C=C\C/C=C\CCC(=O)O[C@H](CO/C=C/CCCCCC/C=C\CCCCCCCC)COP(=O)([O-])OCC[N+](C)(C)C. The first-order valence-electron chi connectivity index (χ1n) is 22.1. The van der Waals surface area contributed by atoms with Crippen molar-refractivity contribution in [3.05, 3.63) is 97.4 Å². The average molecular weight is 832 g/mol. The second-order valence-electron chi connectivity index (χ2n) is 15.6. The Kier molecular flexibility index (Phi) is 37.8. The van der Waals surface area contributed by atoms with Gasteiger partial charge in [0.25, 0.3) is 7.82 Å². The number of aliphatic hydroxyl groups is 1. The summed E-state index contributed by atoms with van der Waals surface area (Å²) in [4.78, 5) is 25.0. The quantitative estimate of drug-likeness (QED) is 0.0124. The summed E-state index contributed by atoms with van der Waals surface area (Å²) in [5, 5.41) is 10.0.